The minimum Gasteiger partial charge on any atom is -0.493 e. The van der Waals surface area contributed by atoms with Crippen LogP contribution in [0.25, 0.3) is 0 Å². The Kier molecular flexibility index (Phi) is 5.21. The number of methoxy groups -OCH3 is 2. The van der Waals surface area contributed by atoms with Crippen LogP contribution in [0, 0.1) is 6.92 Å². The van der Waals surface area contributed by atoms with Gasteiger partial charge in [0.1, 0.15) is 5.76 Å². The number of furan rings is 1. The molecule has 6 nitrogen and oxygen atoms in total. The van der Waals surface area contributed by atoms with Crippen LogP contribution in [0.3, 0.4) is 0 Å². The van der Waals surface area contributed by atoms with E-state index >= 15 is 0 Å². The van der Waals surface area contributed by atoms with Crippen LogP contribution in [-0.2, 0) is 0 Å². The van der Waals surface area contributed by atoms with Crippen molar-refractivity contribution >= 4 is 28.1 Å². The van der Waals surface area contributed by atoms with E-state index in [4.69, 9.17) is 13.9 Å². The first-order valence-corrected chi connectivity index (χ1v) is 7.15. The van der Waals surface area contributed by atoms with E-state index in [1.165, 1.54) is 6.21 Å². The second-order valence-corrected chi connectivity index (χ2v) is 5.20. The summed E-state index contributed by atoms with van der Waals surface area (Å²) in [4.78, 5) is 11.8. The summed E-state index contributed by atoms with van der Waals surface area (Å²) >= 11 is 3.39. The van der Waals surface area contributed by atoms with Crippen molar-refractivity contribution in [2.24, 2.45) is 5.10 Å². The molecular weight excluding hydrogens is 352 g/mol. The van der Waals surface area contributed by atoms with Gasteiger partial charge < -0.3 is 13.9 Å². The van der Waals surface area contributed by atoms with Crippen LogP contribution in [0.2, 0.25) is 0 Å². The number of amides is 1. The number of hydrogen-bond donors (Lipinski definition) is 1. The van der Waals surface area contributed by atoms with Crippen molar-refractivity contribution in [3.05, 3.63) is 45.8 Å². The number of ether oxygens (including phenoxy) is 2. The quantitative estimate of drug-likeness (QED) is 0.651. The average molecular weight is 367 g/mol. The molecule has 0 aliphatic rings. The molecular formula is C15H15BrN2O4. The normalized spacial score (nSPS) is 10.7. The first-order chi connectivity index (χ1) is 10.5. The molecule has 0 aliphatic heterocycles. The Morgan fingerprint density at radius 1 is 1.32 bits per heavy atom. The predicted molar refractivity (Wildman–Crippen MR) is 85.8 cm³/mol. The summed E-state index contributed by atoms with van der Waals surface area (Å²) < 4.78 is 16.4. The fourth-order valence-corrected chi connectivity index (χ4v) is 2.41. The van der Waals surface area contributed by atoms with Gasteiger partial charge in [0.15, 0.2) is 17.3 Å². The molecule has 0 atom stereocenters. The average Bonchev–Trinajstić information content (AvgIpc) is 2.93. The van der Waals surface area contributed by atoms with Crippen LogP contribution < -0.4 is 14.9 Å². The molecule has 0 radical (unpaired) electrons. The zero-order chi connectivity index (χ0) is 16.1. The third-order valence-corrected chi connectivity index (χ3v) is 3.39. The van der Waals surface area contributed by atoms with E-state index in [0.717, 1.165) is 10.0 Å². The molecule has 0 bridgehead atoms. The molecule has 22 heavy (non-hydrogen) atoms. The minimum absolute atomic E-state index is 0.211. The lowest BCUT2D eigenvalue weighted by molar-refractivity contribution is 0.0926. The molecule has 1 aromatic heterocycles. The second kappa shape index (κ2) is 7.13. The van der Waals surface area contributed by atoms with E-state index in [-0.39, 0.29) is 5.76 Å². The fourth-order valence-electron chi connectivity index (χ4n) is 1.79. The first kappa shape index (κ1) is 16.1. The number of benzene rings is 1. The fraction of sp³-hybridized carbons (Fsp3) is 0.200. The van der Waals surface area contributed by atoms with Gasteiger partial charge in [-0.25, -0.2) is 5.43 Å². The molecule has 1 aromatic carbocycles. The van der Waals surface area contributed by atoms with Gasteiger partial charge in [0.05, 0.1) is 24.9 Å². The van der Waals surface area contributed by atoms with Gasteiger partial charge in [-0.2, -0.15) is 5.10 Å². The van der Waals surface area contributed by atoms with Crippen molar-refractivity contribution < 1.29 is 18.7 Å². The molecule has 0 unspecified atom stereocenters. The monoisotopic (exact) mass is 366 g/mol. The van der Waals surface area contributed by atoms with Crippen molar-refractivity contribution in [2.45, 2.75) is 6.92 Å². The Morgan fingerprint density at radius 3 is 2.68 bits per heavy atom. The van der Waals surface area contributed by atoms with Crippen LogP contribution in [0.1, 0.15) is 21.9 Å². The number of aryl methyl sites for hydroxylation is 1. The van der Waals surface area contributed by atoms with E-state index in [2.05, 4.69) is 26.5 Å². The van der Waals surface area contributed by atoms with Gasteiger partial charge in [-0.05, 0) is 52.7 Å². The minimum atomic E-state index is -0.413. The molecule has 2 aromatic rings. The van der Waals surface area contributed by atoms with Crippen molar-refractivity contribution in [3.63, 3.8) is 0 Å². The predicted octanol–water partition coefficient (Wildman–Crippen LogP) is 3.13. The van der Waals surface area contributed by atoms with Crippen molar-refractivity contribution in [2.75, 3.05) is 14.2 Å². The summed E-state index contributed by atoms with van der Waals surface area (Å²) in [6.07, 6.45) is 1.50. The van der Waals surface area contributed by atoms with Crippen LogP contribution >= 0.6 is 15.9 Å². The lowest BCUT2D eigenvalue weighted by Gasteiger charge is -2.10. The number of carbonyl (C=O) groups excluding carboxylic acids is 1. The molecule has 0 aliphatic carbocycles. The Hall–Kier alpha value is -2.28. The number of rotatable bonds is 5. The maximum absolute atomic E-state index is 11.8. The highest BCUT2D eigenvalue weighted by Crippen LogP contribution is 2.35. The van der Waals surface area contributed by atoms with Crippen LogP contribution in [0.15, 0.2) is 38.3 Å². The Morgan fingerprint density at radius 2 is 2.09 bits per heavy atom. The Labute approximate surface area is 136 Å². The van der Waals surface area contributed by atoms with E-state index in [0.29, 0.717) is 17.3 Å². The third kappa shape index (κ3) is 3.67. The molecule has 2 rings (SSSR count). The number of hydrazone groups is 1. The van der Waals surface area contributed by atoms with Crippen molar-refractivity contribution in [3.8, 4) is 11.5 Å². The van der Waals surface area contributed by atoms with E-state index < -0.39 is 5.91 Å². The van der Waals surface area contributed by atoms with E-state index in [1.807, 2.05) is 0 Å². The summed E-state index contributed by atoms with van der Waals surface area (Å²) in [5.74, 6) is 1.62. The van der Waals surface area contributed by atoms with Gasteiger partial charge in [-0.1, -0.05) is 0 Å². The lowest BCUT2D eigenvalue weighted by atomic mass is 10.2. The van der Waals surface area contributed by atoms with Crippen LogP contribution in [-0.4, -0.2) is 26.3 Å². The smallest absolute Gasteiger partial charge is 0.307 e. The molecule has 0 fully saturated rings. The van der Waals surface area contributed by atoms with E-state index in [1.54, 1.807) is 45.4 Å². The molecule has 0 saturated heterocycles. The SMILES string of the molecule is COc1cc(C=NNC(=O)c2ccc(C)o2)cc(Br)c1OC. The number of hydrogen-bond acceptors (Lipinski definition) is 5. The molecule has 116 valence electrons. The van der Waals surface area contributed by atoms with Gasteiger partial charge in [-0.3, -0.25) is 4.79 Å². The number of nitrogens with one attached hydrogen (secondary N) is 1. The highest BCUT2D eigenvalue weighted by atomic mass is 79.9. The molecule has 1 N–H and O–H groups in total. The summed E-state index contributed by atoms with van der Waals surface area (Å²) in [5.41, 5.74) is 3.13. The maximum Gasteiger partial charge on any atom is 0.307 e. The van der Waals surface area contributed by atoms with E-state index in [9.17, 15) is 4.79 Å². The lowest BCUT2D eigenvalue weighted by Crippen LogP contribution is -2.16. The molecule has 0 spiro atoms. The maximum atomic E-state index is 11.8. The zero-order valence-electron chi connectivity index (χ0n) is 12.3. The first-order valence-electron chi connectivity index (χ1n) is 6.36. The standard InChI is InChI=1S/C15H15BrN2O4/c1-9-4-5-12(22-9)15(19)18-17-8-10-6-11(16)14(21-3)13(7-10)20-2/h4-8H,1-3H3,(H,18,19). The Balaban J connectivity index is 2.10. The van der Waals surface area contributed by atoms with Gasteiger partial charge >= 0.3 is 5.91 Å². The van der Waals surface area contributed by atoms with Crippen molar-refractivity contribution in [1.82, 2.24) is 5.43 Å². The van der Waals surface area contributed by atoms with Crippen LogP contribution in [0.5, 0.6) is 11.5 Å². The number of halogens is 1. The van der Waals surface area contributed by atoms with Crippen LogP contribution in [0.4, 0.5) is 0 Å². The molecule has 7 heteroatoms. The largest absolute Gasteiger partial charge is 0.493 e. The second-order valence-electron chi connectivity index (χ2n) is 4.35. The van der Waals surface area contributed by atoms with Crippen molar-refractivity contribution in [1.29, 1.82) is 0 Å². The third-order valence-electron chi connectivity index (χ3n) is 2.80. The van der Waals surface area contributed by atoms with Gasteiger partial charge in [-0.15, -0.1) is 0 Å². The molecule has 1 amide bonds. The van der Waals surface area contributed by atoms with Gasteiger partial charge in [0.2, 0.25) is 0 Å². The number of carbonyl (C=O) groups is 1. The number of nitrogens with zero attached hydrogens (tertiary/aromatic N) is 1. The highest BCUT2D eigenvalue weighted by Gasteiger charge is 2.10. The summed E-state index contributed by atoms with van der Waals surface area (Å²) in [5, 5.41) is 3.90. The highest BCUT2D eigenvalue weighted by molar-refractivity contribution is 9.10. The molecule has 1 heterocycles. The summed E-state index contributed by atoms with van der Waals surface area (Å²) in [6, 6.07) is 6.85. The zero-order valence-corrected chi connectivity index (χ0v) is 13.9. The Bertz CT molecular complexity index is 710. The molecule has 0 saturated carbocycles. The summed E-state index contributed by atoms with van der Waals surface area (Å²) in [7, 11) is 3.11. The topological polar surface area (TPSA) is 73.1 Å². The summed E-state index contributed by atoms with van der Waals surface area (Å²) in [6.45, 7) is 1.77. The van der Waals surface area contributed by atoms with Gasteiger partial charge in [0.25, 0.3) is 0 Å². The van der Waals surface area contributed by atoms with Gasteiger partial charge in [0, 0.05) is 0 Å².